The summed E-state index contributed by atoms with van der Waals surface area (Å²) in [6.07, 6.45) is 2.55. The maximum atomic E-state index is 14.5. The highest BCUT2D eigenvalue weighted by Crippen LogP contribution is 2.37. The molecule has 7 rings (SSSR count). The minimum atomic E-state index is -4.66. The van der Waals surface area contributed by atoms with Crippen LogP contribution in [-0.4, -0.2) is 29.3 Å². The van der Waals surface area contributed by atoms with Gasteiger partial charge in [0, 0.05) is 12.2 Å². The van der Waals surface area contributed by atoms with E-state index < -0.39 is 20.0 Å². The lowest BCUT2D eigenvalue weighted by atomic mass is 10.0. The Balaban J connectivity index is 1.32. The van der Waals surface area contributed by atoms with E-state index in [9.17, 15) is 21.6 Å². The van der Waals surface area contributed by atoms with E-state index in [1.165, 1.54) is 36.6 Å². The molecular formula is C38H30N2O6S2. The van der Waals surface area contributed by atoms with Gasteiger partial charge in [0.2, 0.25) is 0 Å². The minimum absolute atomic E-state index is 0.0553. The SMILES string of the molecule is O=C(c1ccco1)N1CCCc2cc(N(S(=O)(=O)c3ccc(-c4ccccc4)cc3)S(=O)(=O)c3ccc(-c4ccccc4)cc3)ccc21. The van der Waals surface area contributed by atoms with E-state index in [2.05, 4.69) is 0 Å². The lowest BCUT2D eigenvalue weighted by molar-refractivity contribution is 0.0958. The van der Waals surface area contributed by atoms with E-state index in [0.29, 0.717) is 34.3 Å². The molecule has 240 valence electrons. The second-order valence-corrected chi connectivity index (χ2v) is 15.1. The molecule has 0 N–H and O–H groups in total. The fourth-order valence-corrected chi connectivity index (χ4v) is 9.61. The van der Waals surface area contributed by atoms with E-state index in [4.69, 9.17) is 4.42 Å². The van der Waals surface area contributed by atoms with Gasteiger partial charge in [0.25, 0.3) is 26.0 Å². The van der Waals surface area contributed by atoms with Crippen LogP contribution in [0.25, 0.3) is 22.3 Å². The van der Waals surface area contributed by atoms with Gasteiger partial charge >= 0.3 is 0 Å². The summed E-state index contributed by atoms with van der Waals surface area (Å²) in [5.74, 6) is -0.153. The summed E-state index contributed by atoms with van der Waals surface area (Å²) in [5, 5.41) is 0. The van der Waals surface area contributed by atoms with Gasteiger partial charge in [-0.2, -0.15) is 3.71 Å². The summed E-state index contributed by atoms with van der Waals surface area (Å²) in [6, 6.07) is 39.1. The molecule has 0 unspecified atom stereocenters. The van der Waals surface area contributed by atoms with Gasteiger partial charge in [-0.15, -0.1) is 0 Å². The molecule has 0 bridgehead atoms. The smallest absolute Gasteiger partial charge is 0.293 e. The Morgan fingerprint density at radius 3 is 1.62 bits per heavy atom. The number of anilines is 2. The fourth-order valence-electron chi connectivity index (χ4n) is 5.94. The van der Waals surface area contributed by atoms with Crippen LogP contribution in [0.15, 0.2) is 160 Å². The number of fused-ring (bicyclic) bond motifs is 1. The molecule has 0 saturated carbocycles. The summed E-state index contributed by atoms with van der Waals surface area (Å²) < 4.78 is 63.7. The molecule has 0 atom stereocenters. The van der Waals surface area contributed by atoms with Crippen molar-refractivity contribution in [2.45, 2.75) is 22.6 Å². The highest BCUT2D eigenvalue weighted by atomic mass is 32.3. The Morgan fingerprint density at radius 1 is 0.604 bits per heavy atom. The largest absolute Gasteiger partial charge is 0.459 e. The third-order valence-corrected chi connectivity index (χ3v) is 12.5. The van der Waals surface area contributed by atoms with Crippen molar-refractivity contribution in [1.29, 1.82) is 0 Å². The number of carbonyl (C=O) groups is 1. The van der Waals surface area contributed by atoms with E-state index in [1.807, 2.05) is 60.7 Å². The summed E-state index contributed by atoms with van der Waals surface area (Å²) in [7, 11) is -9.33. The molecule has 2 heterocycles. The van der Waals surface area contributed by atoms with Crippen LogP contribution in [-0.2, 0) is 26.5 Å². The second kappa shape index (κ2) is 12.6. The first-order valence-electron chi connectivity index (χ1n) is 15.3. The van der Waals surface area contributed by atoms with Crippen molar-refractivity contribution < 1.29 is 26.0 Å². The first-order chi connectivity index (χ1) is 23.2. The zero-order valence-electron chi connectivity index (χ0n) is 25.6. The number of sulfonamides is 2. The van der Waals surface area contributed by atoms with Crippen molar-refractivity contribution in [2.75, 3.05) is 15.2 Å². The van der Waals surface area contributed by atoms with Crippen molar-refractivity contribution in [3.05, 3.63) is 157 Å². The standard InChI is InChI=1S/C38H30N2O6S2/c41-38(37-14-8-26-46-37)39-25-7-13-32-27-33(19-24-36(32)39)40(47(42,43)34-20-15-30(16-21-34)28-9-3-1-4-10-28)48(44,45)35-22-17-31(18-23-35)29-11-5-2-6-12-29/h1-6,8-12,14-24,26-27H,7,13,25H2. The number of furan rings is 1. The van der Waals surface area contributed by atoms with E-state index in [-0.39, 0.29) is 27.1 Å². The first kappa shape index (κ1) is 31.2. The topological polar surface area (TPSA) is 105 Å². The first-order valence-corrected chi connectivity index (χ1v) is 18.2. The van der Waals surface area contributed by atoms with E-state index in [1.54, 1.807) is 53.4 Å². The number of hydrogen-bond acceptors (Lipinski definition) is 6. The molecular weight excluding hydrogens is 645 g/mol. The van der Waals surface area contributed by atoms with Gasteiger partial charge < -0.3 is 9.32 Å². The van der Waals surface area contributed by atoms with Crippen LogP contribution in [0.5, 0.6) is 0 Å². The number of nitrogens with zero attached hydrogens (tertiary/aromatic N) is 2. The van der Waals surface area contributed by atoms with Gasteiger partial charge in [-0.3, -0.25) is 4.79 Å². The number of hydrogen-bond donors (Lipinski definition) is 0. The van der Waals surface area contributed by atoms with Crippen LogP contribution < -0.4 is 8.61 Å². The Hall–Kier alpha value is -5.45. The Morgan fingerprint density at radius 2 is 1.12 bits per heavy atom. The van der Waals surface area contributed by atoms with Gasteiger partial charge in [0.1, 0.15) is 0 Å². The summed E-state index contributed by atoms with van der Waals surface area (Å²) in [6.45, 7) is 0.438. The molecule has 0 spiro atoms. The fraction of sp³-hybridized carbons (Fsp3) is 0.0789. The normalized spacial score (nSPS) is 13.1. The predicted octanol–water partition coefficient (Wildman–Crippen LogP) is 7.79. The molecule has 1 aliphatic rings. The molecule has 0 radical (unpaired) electrons. The molecule has 0 aliphatic carbocycles. The van der Waals surface area contributed by atoms with Crippen molar-refractivity contribution in [3.8, 4) is 22.3 Å². The maximum Gasteiger partial charge on any atom is 0.293 e. The highest BCUT2D eigenvalue weighted by Gasteiger charge is 2.38. The molecule has 5 aromatic carbocycles. The molecule has 0 saturated heterocycles. The quantitative estimate of drug-likeness (QED) is 0.163. The monoisotopic (exact) mass is 674 g/mol. The van der Waals surface area contributed by atoms with Crippen LogP contribution >= 0.6 is 0 Å². The lowest BCUT2D eigenvalue weighted by Crippen LogP contribution is -2.38. The minimum Gasteiger partial charge on any atom is -0.459 e. The van der Waals surface area contributed by atoms with Gasteiger partial charge in [0.05, 0.1) is 21.7 Å². The number of benzene rings is 5. The molecule has 6 aromatic rings. The zero-order valence-corrected chi connectivity index (χ0v) is 27.3. The Labute approximate surface area is 279 Å². The number of rotatable bonds is 8. The van der Waals surface area contributed by atoms with Crippen LogP contribution in [0.4, 0.5) is 11.4 Å². The molecule has 0 fully saturated rings. The van der Waals surface area contributed by atoms with Crippen LogP contribution in [0.3, 0.4) is 0 Å². The molecule has 8 nitrogen and oxygen atoms in total. The lowest BCUT2D eigenvalue weighted by Gasteiger charge is -2.31. The highest BCUT2D eigenvalue weighted by molar-refractivity contribution is 8.10. The predicted molar refractivity (Wildman–Crippen MR) is 186 cm³/mol. The van der Waals surface area contributed by atoms with Gasteiger partial charge in [-0.1, -0.05) is 84.9 Å². The third kappa shape index (κ3) is 5.80. The van der Waals surface area contributed by atoms with Crippen molar-refractivity contribution in [2.24, 2.45) is 0 Å². The van der Waals surface area contributed by atoms with Crippen LogP contribution in [0.1, 0.15) is 22.5 Å². The van der Waals surface area contributed by atoms with Crippen molar-refractivity contribution >= 4 is 37.3 Å². The maximum absolute atomic E-state index is 14.5. The van der Waals surface area contributed by atoms with Crippen molar-refractivity contribution in [3.63, 3.8) is 0 Å². The molecule has 1 aliphatic heterocycles. The summed E-state index contributed by atoms with van der Waals surface area (Å²) in [4.78, 5) is 14.4. The average Bonchev–Trinajstić information content (AvgIpc) is 3.67. The molecule has 10 heteroatoms. The number of amides is 1. The van der Waals surface area contributed by atoms with E-state index in [0.717, 1.165) is 22.3 Å². The van der Waals surface area contributed by atoms with Crippen molar-refractivity contribution in [1.82, 2.24) is 0 Å². The number of carbonyl (C=O) groups excluding carboxylic acids is 1. The molecule has 1 aromatic heterocycles. The zero-order chi connectivity index (χ0) is 33.3. The third-order valence-electron chi connectivity index (χ3n) is 8.32. The van der Waals surface area contributed by atoms with Gasteiger partial charge in [0.15, 0.2) is 5.76 Å². The Bertz CT molecular complexity index is 2180. The van der Waals surface area contributed by atoms with Gasteiger partial charge in [-0.25, -0.2) is 16.8 Å². The molecule has 48 heavy (non-hydrogen) atoms. The van der Waals surface area contributed by atoms with Crippen LogP contribution in [0, 0.1) is 0 Å². The Kier molecular flexibility index (Phi) is 8.20. The number of aryl methyl sites for hydroxylation is 1. The van der Waals surface area contributed by atoms with E-state index >= 15 is 0 Å². The second-order valence-electron chi connectivity index (χ2n) is 11.3. The molecule has 1 amide bonds. The summed E-state index contributed by atoms with van der Waals surface area (Å²) >= 11 is 0. The van der Waals surface area contributed by atoms with Crippen LogP contribution in [0.2, 0.25) is 0 Å². The average molecular weight is 675 g/mol. The summed E-state index contributed by atoms with van der Waals surface area (Å²) in [5.41, 5.74) is 4.53. The van der Waals surface area contributed by atoms with Gasteiger partial charge in [-0.05, 0) is 95.3 Å².